The second kappa shape index (κ2) is 15.1. The van der Waals surface area contributed by atoms with E-state index in [-0.39, 0.29) is 19.3 Å². The van der Waals surface area contributed by atoms with E-state index >= 15 is 0 Å². The maximum atomic E-state index is 14.4. The van der Waals surface area contributed by atoms with E-state index in [9.17, 15) is 9.59 Å². The molecule has 0 aromatic heterocycles. The van der Waals surface area contributed by atoms with Crippen LogP contribution in [0.15, 0.2) is 106 Å². The molecule has 0 bridgehead atoms. The van der Waals surface area contributed by atoms with Gasteiger partial charge in [-0.2, -0.15) is 0 Å². The van der Waals surface area contributed by atoms with Gasteiger partial charge >= 0.3 is 0 Å². The normalized spacial score (nSPS) is 26.0. The van der Waals surface area contributed by atoms with Crippen LogP contribution < -0.4 is 0 Å². The molecule has 2 unspecified atom stereocenters. The summed E-state index contributed by atoms with van der Waals surface area (Å²) in [5, 5.41) is 4.98. The highest BCUT2D eigenvalue weighted by molar-refractivity contribution is 6.37. The van der Waals surface area contributed by atoms with Crippen molar-refractivity contribution in [3.8, 4) is 0 Å². The van der Waals surface area contributed by atoms with Crippen molar-refractivity contribution in [3.05, 3.63) is 114 Å². The van der Waals surface area contributed by atoms with Crippen LogP contribution in [0.25, 0.3) is 0 Å². The summed E-state index contributed by atoms with van der Waals surface area (Å²) in [5.41, 5.74) is 3.55. The molecule has 6 rings (SSSR count). The van der Waals surface area contributed by atoms with E-state index in [1.807, 2.05) is 36.4 Å². The quantitative estimate of drug-likeness (QED) is 0.196. The van der Waals surface area contributed by atoms with Crippen molar-refractivity contribution in [2.24, 2.45) is 16.0 Å². The first-order valence-electron chi connectivity index (χ1n) is 16.6. The Hall–Kier alpha value is -4.01. The SMILES string of the molecule is CC.[B]C1=CC=C(C(=O)N2CC[C]3C4=C(N=[N+]3C3[CH]C=C(C5CCC5)C=C3)OCCN(C(=O)/C=C/CC)CC42)C(=NC=C)[C]1C=C.[HH]. The monoisotopic (exact) mass is 619 g/mol. The second-order valence-corrected chi connectivity index (χ2v) is 11.6. The third-order valence-electron chi connectivity index (χ3n) is 9.11. The van der Waals surface area contributed by atoms with Gasteiger partial charge in [-0.15, -0.1) is 12.1 Å². The summed E-state index contributed by atoms with van der Waals surface area (Å²) in [4.78, 5) is 35.7. The van der Waals surface area contributed by atoms with Crippen LogP contribution in [-0.2, 0) is 14.3 Å². The second-order valence-electron chi connectivity index (χ2n) is 11.6. The summed E-state index contributed by atoms with van der Waals surface area (Å²) in [7, 11) is 6.21. The average molecular weight is 620 g/mol. The minimum atomic E-state index is -0.468. The zero-order chi connectivity index (χ0) is 32.8. The lowest BCUT2D eigenvalue weighted by atomic mass is 9.75. The van der Waals surface area contributed by atoms with Crippen LogP contribution >= 0.6 is 0 Å². The van der Waals surface area contributed by atoms with Crippen molar-refractivity contribution < 1.29 is 20.4 Å². The number of piperidine rings is 1. The summed E-state index contributed by atoms with van der Waals surface area (Å²) in [6.45, 7) is 15.1. The van der Waals surface area contributed by atoms with Crippen LogP contribution in [-0.4, -0.2) is 78.2 Å². The highest BCUT2D eigenvalue weighted by Crippen LogP contribution is 2.43. The fraction of sp³-hybridized carbons (Fsp3) is 0.405. The molecule has 5 radical (unpaired) electrons. The third kappa shape index (κ3) is 6.46. The molecule has 0 spiro atoms. The molecule has 0 aromatic rings. The summed E-state index contributed by atoms with van der Waals surface area (Å²) >= 11 is 0. The van der Waals surface area contributed by atoms with E-state index in [0.717, 1.165) is 18.0 Å². The van der Waals surface area contributed by atoms with Crippen LogP contribution in [0, 0.1) is 24.3 Å². The Morgan fingerprint density at radius 3 is 2.67 bits per heavy atom. The molecule has 1 saturated carbocycles. The minimum Gasteiger partial charge on any atom is -0.472 e. The van der Waals surface area contributed by atoms with E-state index in [1.54, 1.807) is 29.2 Å². The van der Waals surface area contributed by atoms with Crippen molar-refractivity contribution in [3.63, 3.8) is 0 Å². The molecular weight excluding hydrogens is 573 g/mol. The minimum absolute atomic E-state index is 0. The van der Waals surface area contributed by atoms with Crippen molar-refractivity contribution >= 4 is 25.4 Å². The molecule has 6 aliphatic rings. The van der Waals surface area contributed by atoms with Gasteiger partial charge in [-0.1, -0.05) is 68.8 Å². The largest absolute Gasteiger partial charge is 0.472 e. The standard InChI is InChI=1S/C35H38BN5O3.C2H6.H2/c1-4-7-11-31(42)39-20-21-44-34-32-29(41(38-34)25-14-12-24(13-15-25)23-9-8-10-23)18-19-40(30(32)22-39)35(43)27-16-17-28(36)26(5-2)33(27)37-6-3;1-2;/h5-7,11-17,23,25,30H,2-4,8-10,18-22H2,1H3;1-2H3;1H/q+1;;/b11-7+,37-33?;;. The Bertz CT molecular complexity index is 1500. The molecule has 9 heteroatoms. The fourth-order valence-electron chi connectivity index (χ4n) is 6.56. The number of rotatable bonds is 7. The van der Waals surface area contributed by atoms with Gasteiger partial charge in [-0.25, -0.2) is 0 Å². The molecule has 2 amide bonds. The van der Waals surface area contributed by atoms with E-state index in [2.05, 4.69) is 42.8 Å². The van der Waals surface area contributed by atoms with Gasteiger partial charge in [0.05, 0.1) is 36.2 Å². The molecule has 0 aromatic carbocycles. The Morgan fingerprint density at radius 2 is 2.02 bits per heavy atom. The van der Waals surface area contributed by atoms with E-state index in [0.29, 0.717) is 67.1 Å². The first-order chi connectivity index (χ1) is 22.4. The van der Waals surface area contributed by atoms with Gasteiger partial charge in [0.2, 0.25) is 11.9 Å². The van der Waals surface area contributed by atoms with Gasteiger partial charge in [-0.3, -0.25) is 14.6 Å². The molecule has 8 nitrogen and oxygen atoms in total. The molecule has 2 atom stereocenters. The van der Waals surface area contributed by atoms with Crippen molar-refractivity contribution in [1.82, 2.24) is 9.80 Å². The molecule has 0 N–H and O–H groups in total. The maximum absolute atomic E-state index is 14.4. The molecular formula is C37H46BN5O3+. The Balaban J connectivity index is 0.00000164. The number of azo groups is 2. The predicted octanol–water partition coefficient (Wildman–Crippen LogP) is 6.11. The van der Waals surface area contributed by atoms with Crippen LogP contribution in [0.4, 0.5) is 0 Å². The van der Waals surface area contributed by atoms with Crippen molar-refractivity contribution in [2.45, 2.75) is 65.0 Å². The molecule has 3 heterocycles. The number of aliphatic imine (C=N–C) groups is 1. The molecule has 46 heavy (non-hydrogen) atoms. The number of likely N-dealkylation sites (tertiary alicyclic amines) is 1. The lowest BCUT2D eigenvalue weighted by molar-refractivity contribution is -0.588. The highest BCUT2D eigenvalue weighted by atomic mass is 16.5. The van der Waals surface area contributed by atoms with E-state index in [4.69, 9.17) is 17.7 Å². The molecule has 2 fully saturated rings. The third-order valence-corrected chi connectivity index (χ3v) is 9.11. The number of carbonyl (C=O) groups is 2. The Labute approximate surface area is 276 Å². The molecule has 239 valence electrons. The van der Waals surface area contributed by atoms with Crippen LogP contribution in [0.2, 0.25) is 0 Å². The van der Waals surface area contributed by atoms with Gasteiger partial charge in [0.15, 0.2) is 0 Å². The zero-order valence-corrected chi connectivity index (χ0v) is 27.3. The lowest BCUT2D eigenvalue weighted by Crippen LogP contribution is -2.56. The Kier molecular flexibility index (Phi) is 10.9. The molecule has 1 saturated heterocycles. The van der Waals surface area contributed by atoms with Crippen LogP contribution in [0.1, 0.15) is 54.3 Å². The first kappa shape index (κ1) is 33.4. The van der Waals surface area contributed by atoms with Crippen LogP contribution in [0.5, 0.6) is 0 Å². The number of carbonyl (C=O) groups excluding carboxylic acids is 2. The summed E-state index contributed by atoms with van der Waals surface area (Å²) in [6.07, 6.45) is 23.9. The fourth-order valence-corrected chi connectivity index (χ4v) is 6.56. The number of hydrogen-bond donors (Lipinski definition) is 0. The topological polar surface area (TPSA) is 77.6 Å². The molecule has 3 aliphatic heterocycles. The van der Waals surface area contributed by atoms with Crippen molar-refractivity contribution in [2.75, 3.05) is 26.2 Å². The number of amides is 2. The molecule has 3 aliphatic carbocycles. The van der Waals surface area contributed by atoms with Crippen LogP contribution in [0.3, 0.4) is 0 Å². The van der Waals surface area contributed by atoms with Gasteiger partial charge < -0.3 is 14.5 Å². The highest BCUT2D eigenvalue weighted by Gasteiger charge is 2.54. The maximum Gasteiger partial charge on any atom is 0.289 e. The van der Waals surface area contributed by atoms with Gasteiger partial charge in [0, 0.05) is 32.3 Å². The average Bonchev–Trinajstić information content (AvgIpc) is 3.41. The zero-order valence-electron chi connectivity index (χ0n) is 27.3. The van der Waals surface area contributed by atoms with Gasteiger partial charge in [0.1, 0.15) is 20.0 Å². The summed E-state index contributed by atoms with van der Waals surface area (Å²) < 4.78 is 8.30. The first-order valence-corrected chi connectivity index (χ1v) is 16.6. The smallest absolute Gasteiger partial charge is 0.289 e. The number of hydrogen-bond acceptors (Lipinski definition) is 5. The van der Waals surface area contributed by atoms with Crippen molar-refractivity contribution in [1.29, 1.82) is 0 Å². The van der Waals surface area contributed by atoms with Gasteiger partial charge in [-0.05, 0) is 49.0 Å². The number of ether oxygens (including phenoxy) is 1. The summed E-state index contributed by atoms with van der Waals surface area (Å²) in [5.74, 6) is 1.45. The predicted molar refractivity (Wildman–Crippen MR) is 184 cm³/mol. The summed E-state index contributed by atoms with van der Waals surface area (Å²) in [6, 6.07) is 0.507. The lowest BCUT2D eigenvalue weighted by Gasteiger charge is -2.41. The van der Waals surface area contributed by atoms with E-state index < -0.39 is 6.04 Å². The van der Waals surface area contributed by atoms with E-state index in [1.165, 1.54) is 31.0 Å². The number of allylic oxidation sites excluding steroid dienone is 7. The Morgan fingerprint density at radius 1 is 1.22 bits per heavy atom. The van der Waals surface area contributed by atoms with Gasteiger partial charge in [0.25, 0.3) is 17.8 Å². The number of nitrogens with zero attached hydrogens (tertiary/aromatic N) is 5.